The second kappa shape index (κ2) is 7.54. The molecule has 2 aromatic heterocycles. The van der Waals surface area contributed by atoms with Crippen molar-refractivity contribution in [1.82, 2.24) is 19.5 Å². The number of nitrogens with zero attached hydrogens (tertiary/aromatic N) is 3. The molecule has 1 aliphatic rings. The summed E-state index contributed by atoms with van der Waals surface area (Å²) in [5.41, 5.74) is 4.14. The summed E-state index contributed by atoms with van der Waals surface area (Å²) in [4.78, 5) is 22.3. The van der Waals surface area contributed by atoms with Gasteiger partial charge in [-0.1, -0.05) is 30.3 Å². The van der Waals surface area contributed by atoms with Gasteiger partial charge in [-0.3, -0.25) is 14.3 Å². The number of hydrogen-bond acceptors (Lipinski definition) is 9. The second-order valence-electron chi connectivity index (χ2n) is 6.83. The number of hydrogen-bond donors (Lipinski definition) is 5. The van der Waals surface area contributed by atoms with Gasteiger partial charge in [-0.15, -0.1) is 0 Å². The van der Waals surface area contributed by atoms with Gasteiger partial charge in [0.1, 0.15) is 18.3 Å². The third kappa shape index (κ3) is 3.28. The average Bonchev–Trinajstić information content (AvgIpc) is 3.24. The zero-order valence-corrected chi connectivity index (χ0v) is 15.3. The summed E-state index contributed by atoms with van der Waals surface area (Å²) in [6.45, 7) is -0.449. The number of nitrogens with one attached hydrogen (secondary N) is 1. The molecule has 0 amide bonds. The average molecular weight is 403 g/mol. The zero-order valence-electron chi connectivity index (χ0n) is 15.3. The Hall–Kier alpha value is -2.83. The maximum absolute atomic E-state index is 12.0. The third-order valence-electron chi connectivity index (χ3n) is 4.98. The number of nitrogen functional groups attached to an aromatic ring is 1. The highest BCUT2D eigenvalue weighted by molar-refractivity contribution is 5.70. The third-order valence-corrected chi connectivity index (χ3v) is 4.98. The van der Waals surface area contributed by atoms with Crippen molar-refractivity contribution in [1.29, 1.82) is 0 Å². The molecule has 0 radical (unpaired) electrons. The summed E-state index contributed by atoms with van der Waals surface area (Å²) in [7, 11) is 0. The Morgan fingerprint density at radius 3 is 2.79 bits per heavy atom. The highest BCUT2D eigenvalue weighted by Crippen LogP contribution is 2.37. The summed E-state index contributed by atoms with van der Waals surface area (Å²) < 4.78 is 12.7. The molecule has 0 unspecified atom stereocenters. The molecule has 0 bridgehead atoms. The number of imidazole rings is 1. The van der Waals surface area contributed by atoms with E-state index < -0.39 is 36.2 Å². The van der Waals surface area contributed by atoms with E-state index in [-0.39, 0.29) is 30.3 Å². The van der Waals surface area contributed by atoms with E-state index in [1.165, 1.54) is 10.9 Å². The Morgan fingerprint density at radius 2 is 2.07 bits per heavy atom. The Labute approximate surface area is 164 Å². The number of anilines is 1. The minimum Gasteiger partial charge on any atom is -0.391 e. The van der Waals surface area contributed by atoms with Crippen molar-refractivity contribution < 1.29 is 24.8 Å². The van der Waals surface area contributed by atoms with Gasteiger partial charge >= 0.3 is 0 Å². The highest BCUT2D eigenvalue weighted by Gasteiger charge is 2.56. The fraction of sp³-hybridized carbons (Fsp3) is 0.389. The zero-order chi connectivity index (χ0) is 20.6. The molecule has 0 aliphatic carbocycles. The van der Waals surface area contributed by atoms with E-state index >= 15 is 0 Å². The number of aliphatic hydroxyl groups excluding tert-OH is 3. The Morgan fingerprint density at radius 1 is 1.31 bits per heavy atom. The largest absolute Gasteiger partial charge is 0.391 e. The molecule has 1 aliphatic heterocycles. The summed E-state index contributed by atoms with van der Waals surface area (Å²) in [6, 6.07) is 9.43. The van der Waals surface area contributed by atoms with Gasteiger partial charge in [-0.25, -0.2) is 4.98 Å². The van der Waals surface area contributed by atoms with Gasteiger partial charge in [0, 0.05) is 0 Å². The topological polar surface area (TPSA) is 169 Å². The molecule has 6 N–H and O–H groups in total. The van der Waals surface area contributed by atoms with Gasteiger partial charge in [0.15, 0.2) is 16.9 Å². The van der Waals surface area contributed by atoms with Gasteiger partial charge in [0.25, 0.3) is 5.56 Å². The van der Waals surface area contributed by atoms with Crippen molar-refractivity contribution in [3.63, 3.8) is 0 Å². The molecule has 3 heterocycles. The first-order valence-electron chi connectivity index (χ1n) is 8.96. The molecule has 0 saturated carbocycles. The van der Waals surface area contributed by atoms with Gasteiger partial charge in [-0.05, 0) is 5.56 Å². The van der Waals surface area contributed by atoms with E-state index in [0.717, 1.165) is 5.56 Å². The Balaban J connectivity index is 1.60. The molecule has 1 saturated heterocycles. The fourth-order valence-corrected chi connectivity index (χ4v) is 3.48. The molecule has 0 spiro atoms. The molecule has 1 fully saturated rings. The van der Waals surface area contributed by atoms with Gasteiger partial charge < -0.3 is 30.5 Å². The first-order valence-corrected chi connectivity index (χ1v) is 8.96. The summed E-state index contributed by atoms with van der Waals surface area (Å²) in [5.74, 6) is -0.159. The van der Waals surface area contributed by atoms with Crippen LogP contribution < -0.4 is 11.3 Å². The number of H-pyrrole nitrogens is 1. The van der Waals surface area contributed by atoms with E-state index in [2.05, 4.69) is 15.0 Å². The molecule has 1 aromatic carbocycles. The number of aromatic nitrogens is 4. The maximum atomic E-state index is 12.0. The minimum absolute atomic E-state index is 0.0115. The molecule has 4 rings (SSSR count). The molecule has 4 atom stereocenters. The molecule has 11 nitrogen and oxygen atoms in total. The predicted octanol–water partition coefficient (Wildman–Crippen LogP) is -1.32. The van der Waals surface area contributed by atoms with Crippen LogP contribution in [0.4, 0.5) is 5.95 Å². The van der Waals surface area contributed by atoms with Crippen molar-refractivity contribution in [2.75, 3.05) is 18.9 Å². The predicted molar refractivity (Wildman–Crippen MR) is 101 cm³/mol. The Kier molecular flexibility index (Phi) is 5.06. The van der Waals surface area contributed by atoms with Crippen LogP contribution in [0.3, 0.4) is 0 Å². The number of aromatic amines is 1. The number of aliphatic hydroxyl groups is 3. The first-order chi connectivity index (χ1) is 14.0. The standard InChI is InChI=1S/C18H21N5O6/c19-17-21-15-12(16(27)22-17)20-9-23(15)18(8-24)14(26)13(25)11(29-18)7-28-6-10-4-2-1-3-5-10/h1-5,9,11,13-14,24-26H,6-8H2,(H3,19,21,22,27)/t11-,13-,14-,18-/m1/s1. The Bertz CT molecular complexity index is 1050. The highest BCUT2D eigenvalue weighted by atomic mass is 16.6. The van der Waals surface area contributed by atoms with E-state index in [0.29, 0.717) is 0 Å². The van der Waals surface area contributed by atoms with Gasteiger partial charge in [0.2, 0.25) is 5.95 Å². The van der Waals surface area contributed by atoms with Crippen LogP contribution in [0.5, 0.6) is 0 Å². The van der Waals surface area contributed by atoms with Crippen molar-refractivity contribution in [3.8, 4) is 0 Å². The van der Waals surface area contributed by atoms with Crippen LogP contribution in [0.2, 0.25) is 0 Å². The van der Waals surface area contributed by atoms with Crippen molar-refractivity contribution in [2.45, 2.75) is 30.6 Å². The molecular formula is C18H21N5O6. The maximum Gasteiger partial charge on any atom is 0.280 e. The van der Waals surface area contributed by atoms with E-state index in [4.69, 9.17) is 15.2 Å². The second-order valence-corrected chi connectivity index (χ2v) is 6.83. The van der Waals surface area contributed by atoms with Gasteiger partial charge in [-0.2, -0.15) is 4.98 Å². The van der Waals surface area contributed by atoms with Crippen molar-refractivity contribution in [3.05, 3.63) is 52.6 Å². The van der Waals surface area contributed by atoms with E-state index in [1.54, 1.807) is 0 Å². The summed E-state index contributed by atoms with van der Waals surface area (Å²) in [6.07, 6.45) is -2.61. The van der Waals surface area contributed by atoms with Crippen LogP contribution in [0.25, 0.3) is 11.2 Å². The number of benzene rings is 1. The molecule has 154 valence electrons. The van der Waals surface area contributed by atoms with Gasteiger partial charge in [0.05, 0.1) is 26.1 Å². The first kappa shape index (κ1) is 19.5. The van der Waals surface area contributed by atoms with Crippen LogP contribution >= 0.6 is 0 Å². The molecular weight excluding hydrogens is 382 g/mol. The number of rotatable bonds is 6. The quantitative estimate of drug-likeness (QED) is 0.335. The van der Waals surface area contributed by atoms with Crippen LogP contribution in [-0.2, 0) is 21.8 Å². The molecule has 3 aromatic rings. The number of fused-ring (bicyclic) bond motifs is 1. The molecule has 11 heteroatoms. The minimum atomic E-state index is -1.80. The fourth-order valence-electron chi connectivity index (χ4n) is 3.48. The van der Waals surface area contributed by atoms with Crippen LogP contribution in [0.15, 0.2) is 41.5 Å². The van der Waals surface area contributed by atoms with E-state index in [9.17, 15) is 20.1 Å². The lowest BCUT2D eigenvalue weighted by molar-refractivity contribution is -0.173. The lowest BCUT2D eigenvalue weighted by Gasteiger charge is -2.31. The van der Waals surface area contributed by atoms with Crippen molar-refractivity contribution >= 4 is 17.1 Å². The number of ether oxygens (including phenoxy) is 2. The van der Waals surface area contributed by atoms with Crippen LogP contribution in [0.1, 0.15) is 5.56 Å². The smallest absolute Gasteiger partial charge is 0.280 e. The lowest BCUT2D eigenvalue weighted by Crippen LogP contribution is -2.48. The summed E-state index contributed by atoms with van der Waals surface area (Å²) in [5, 5.41) is 31.2. The normalized spacial score (nSPS) is 26.9. The SMILES string of the molecule is Nc1nc2c(ncn2[C@]2(CO)O[C@H](COCc3ccccc3)[C@@H](O)[C@H]2O)c(=O)[nH]1. The van der Waals surface area contributed by atoms with Crippen LogP contribution in [-0.4, -0.2) is 66.4 Å². The van der Waals surface area contributed by atoms with Crippen LogP contribution in [0, 0.1) is 0 Å². The summed E-state index contributed by atoms with van der Waals surface area (Å²) >= 11 is 0. The monoisotopic (exact) mass is 403 g/mol. The van der Waals surface area contributed by atoms with Crippen molar-refractivity contribution in [2.24, 2.45) is 0 Å². The molecule has 29 heavy (non-hydrogen) atoms. The van der Waals surface area contributed by atoms with E-state index in [1.807, 2.05) is 30.3 Å². The lowest BCUT2D eigenvalue weighted by atomic mass is 10.0. The number of nitrogens with two attached hydrogens (primary N) is 1.